The lowest BCUT2D eigenvalue weighted by molar-refractivity contribution is 0.0483. The highest BCUT2D eigenvalue weighted by Crippen LogP contribution is 2.22. The minimum absolute atomic E-state index is 0.223. The summed E-state index contributed by atoms with van der Waals surface area (Å²) in [6.07, 6.45) is -0.875. The van der Waals surface area contributed by atoms with Gasteiger partial charge in [-0.2, -0.15) is 0 Å². The first-order valence-electron chi connectivity index (χ1n) is 3.82. The summed E-state index contributed by atoms with van der Waals surface area (Å²) < 4.78 is 5.54. The Morgan fingerprint density at radius 3 is 2.92 bits per heavy atom. The number of halogens is 1. The lowest BCUT2D eigenvalue weighted by atomic mass is 10.3. The monoisotopic (exact) mass is 219 g/mol. The van der Waals surface area contributed by atoms with Gasteiger partial charge in [-0.05, 0) is 19.1 Å². The molecular weight excluding hydrogens is 210 g/mol. The van der Waals surface area contributed by atoms with Crippen molar-refractivity contribution in [1.29, 1.82) is 0 Å². The Morgan fingerprint density at radius 1 is 1.77 bits per heavy atom. The topological polar surface area (TPSA) is 52.3 Å². The van der Waals surface area contributed by atoms with Gasteiger partial charge in [-0.3, -0.25) is 10.5 Å². The van der Waals surface area contributed by atoms with E-state index in [9.17, 15) is 4.79 Å². The van der Waals surface area contributed by atoms with Crippen molar-refractivity contribution in [1.82, 2.24) is 0 Å². The van der Waals surface area contributed by atoms with Gasteiger partial charge in [0.2, 0.25) is 5.78 Å². The van der Waals surface area contributed by atoms with Crippen LogP contribution in [0.5, 0.6) is 0 Å². The van der Waals surface area contributed by atoms with E-state index in [4.69, 9.17) is 22.1 Å². The van der Waals surface area contributed by atoms with E-state index in [0.29, 0.717) is 15.8 Å². The SMILES string of the molecule is CCOC(N)C(=O)c1ccc(Cl)s1. The number of Topliss-reactive ketones (excluding diaryl/α,β-unsaturated/α-hetero) is 1. The van der Waals surface area contributed by atoms with E-state index in [1.807, 2.05) is 0 Å². The van der Waals surface area contributed by atoms with Gasteiger partial charge in [0.25, 0.3) is 0 Å². The molecule has 0 bridgehead atoms. The number of thiophene rings is 1. The van der Waals surface area contributed by atoms with E-state index >= 15 is 0 Å². The van der Waals surface area contributed by atoms with Gasteiger partial charge in [-0.25, -0.2) is 0 Å². The van der Waals surface area contributed by atoms with Crippen LogP contribution in [0.15, 0.2) is 12.1 Å². The van der Waals surface area contributed by atoms with Crippen LogP contribution < -0.4 is 5.73 Å². The summed E-state index contributed by atoms with van der Waals surface area (Å²) in [5.74, 6) is -0.223. The van der Waals surface area contributed by atoms with Crippen LogP contribution in [0.25, 0.3) is 0 Å². The van der Waals surface area contributed by atoms with Crippen molar-refractivity contribution in [3.05, 3.63) is 21.3 Å². The first-order valence-corrected chi connectivity index (χ1v) is 5.01. The number of nitrogens with two attached hydrogens (primary N) is 1. The molecule has 2 N–H and O–H groups in total. The predicted octanol–water partition coefficient (Wildman–Crippen LogP) is 1.91. The highest BCUT2D eigenvalue weighted by molar-refractivity contribution is 7.18. The molecule has 1 aromatic heterocycles. The third kappa shape index (κ3) is 2.77. The molecule has 0 saturated heterocycles. The fraction of sp³-hybridized carbons (Fsp3) is 0.375. The molecule has 1 unspecified atom stereocenters. The summed E-state index contributed by atoms with van der Waals surface area (Å²) in [6.45, 7) is 2.21. The highest BCUT2D eigenvalue weighted by atomic mass is 35.5. The number of ether oxygens (including phenoxy) is 1. The van der Waals surface area contributed by atoms with Crippen LogP contribution in [0.2, 0.25) is 4.34 Å². The molecule has 1 atom stereocenters. The van der Waals surface area contributed by atoms with E-state index in [-0.39, 0.29) is 5.78 Å². The van der Waals surface area contributed by atoms with Crippen LogP contribution in [0.1, 0.15) is 16.6 Å². The van der Waals surface area contributed by atoms with Crippen LogP contribution in [0.3, 0.4) is 0 Å². The molecule has 0 amide bonds. The highest BCUT2D eigenvalue weighted by Gasteiger charge is 2.17. The second-order valence-corrected chi connectivity index (χ2v) is 4.06. The Balaban J connectivity index is 2.67. The Morgan fingerprint density at radius 2 is 2.46 bits per heavy atom. The van der Waals surface area contributed by atoms with E-state index in [0.717, 1.165) is 0 Å². The molecule has 72 valence electrons. The van der Waals surface area contributed by atoms with Crippen LogP contribution in [-0.4, -0.2) is 18.6 Å². The third-order valence-electron chi connectivity index (χ3n) is 1.42. The minimum atomic E-state index is -0.875. The Kier molecular flexibility index (Phi) is 3.87. The maximum Gasteiger partial charge on any atom is 0.216 e. The lowest BCUT2D eigenvalue weighted by Gasteiger charge is -2.07. The fourth-order valence-electron chi connectivity index (χ4n) is 0.842. The van der Waals surface area contributed by atoms with Crippen molar-refractivity contribution < 1.29 is 9.53 Å². The van der Waals surface area contributed by atoms with Crippen LogP contribution in [-0.2, 0) is 4.74 Å². The normalized spacial score (nSPS) is 12.8. The zero-order valence-electron chi connectivity index (χ0n) is 7.12. The third-order valence-corrected chi connectivity index (χ3v) is 2.67. The van der Waals surface area contributed by atoms with Gasteiger partial charge in [0, 0.05) is 6.61 Å². The molecule has 5 heteroatoms. The largest absolute Gasteiger partial charge is 0.356 e. The Bertz CT molecular complexity index is 300. The molecule has 0 aliphatic heterocycles. The minimum Gasteiger partial charge on any atom is -0.356 e. The predicted molar refractivity (Wildman–Crippen MR) is 53.3 cm³/mol. The average Bonchev–Trinajstić information content (AvgIpc) is 2.51. The van der Waals surface area contributed by atoms with E-state index in [2.05, 4.69) is 0 Å². The number of carbonyl (C=O) groups excluding carboxylic acids is 1. The average molecular weight is 220 g/mol. The van der Waals surface area contributed by atoms with Gasteiger partial charge in [-0.15, -0.1) is 11.3 Å². The number of hydrogen-bond acceptors (Lipinski definition) is 4. The Hall–Kier alpha value is -0.420. The molecule has 1 aromatic rings. The van der Waals surface area contributed by atoms with Crippen LogP contribution in [0, 0.1) is 0 Å². The zero-order valence-corrected chi connectivity index (χ0v) is 8.69. The van der Waals surface area contributed by atoms with Crippen molar-refractivity contribution in [2.75, 3.05) is 6.61 Å². The quantitative estimate of drug-likeness (QED) is 0.622. The molecule has 1 rings (SSSR count). The van der Waals surface area contributed by atoms with Crippen molar-refractivity contribution >= 4 is 28.7 Å². The standard InChI is InChI=1S/C8H10ClNO2S/c1-2-12-8(10)7(11)5-3-4-6(9)13-5/h3-4,8H,2,10H2,1H3. The summed E-state index contributed by atoms with van der Waals surface area (Å²) >= 11 is 6.88. The molecule has 0 spiro atoms. The second-order valence-electron chi connectivity index (χ2n) is 2.34. The molecular formula is C8H10ClNO2S. The van der Waals surface area contributed by atoms with Crippen molar-refractivity contribution in [3.8, 4) is 0 Å². The Labute approximate surface area is 85.4 Å². The molecule has 0 aliphatic carbocycles. The van der Waals surface area contributed by atoms with E-state index in [1.54, 1.807) is 19.1 Å². The summed E-state index contributed by atoms with van der Waals surface area (Å²) in [5.41, 5.74) is 5.46. The number of ketones is 1. The molecule has 0 aliphatic rings. The van der Waals surface area contributed by atoms with Gasteiger partial charge in [0.05, 0.1) is 9.21 Å². The molecule has 0 aromatic carbocycles. The van der Waals surface area contributed by atoms with Gasteiger partial charge >= 0.3 is 0 Å². The van der Waals surface area contributed by atoms with Gasteiger partial charge < -0.3 is 4.74 Å². The van der Waals surface area contributed by atoms with Gasteiger partial charge in [0.1, 0.15) is 0 Å². The smallest absolute Gasteiger partial charge is 0.216 e. The maximum absolute atomic E-state index is 11.4. The van der Waals surface area contributed by atoms with Crippen molar-refractivity contribution in [2.24, 2.45) is 5.73 Å². The zero-order chi connectivity index (χ0) is 9.84. The van der Waals surface area contributed by atoms with E-state index in [1.165, 1.54) is 11.3 Å². The van der Waals surface area contributed by atoms with Crippen molar-refractivity contribution in [2.45, 2.75) is 13.2 Å². The van der Waals surface area contributed by atoms with E-state index < -0.39 is 6.23 Å². The number of rotatable bonds is 4. The molecule has 1 heterocycles. The number of hydrogen-bond donors (Lipinski definition) is 1. The fourth-order valence-corrected chi connectivity index (χ4v) is 1.85. The first kappa shape index (κ1) is 10.7. The van der Waals surface area contributed by atoms with Crippen LogP contribution >= 0.6 is 22.9 Å². The van der Waals surface area contributed by atoms with Crippen LogP contribution in [0.4, 0.5) is 0 Å². The first-order chi connectivity index (χ1) is 6.15. The van der Waals surface area contributed by atoms with Crippen molar-refractivity contribution in [3.63, 3.8) is 0 Å². The summed E-state index contributed by atoms with van der Waals surface area (Å²) in [5, 5.41) is 0. The summed E-state index contributed by atoms with van der Waals surface area (Å²) in [6, 6.07) is 3.31. The molecule has 0 radical (unpaired) electrons. The van der Waals surface area contributed by atoms with Gasteiger partial charge in [-0.1, -0.05) is 11.6 Å². The summed E-state index contributed by atoms with van der Waals surface area (Å²) in [4.78, 5) is 12.0. The number of carbonyl (C=O) groups is 1. The maximum atomic E-state index is 11.4. The molecule has 3 nitrogen and oxygen atoms in total. The van der Waals surface area contributed by atoms with Gasteiger partial charge in [0.15, 0.2) is 6.23 Å². The molecule has 13 heavy (non-hydrogen) atoms. The molecule has 0 fully saturated rings. The molecule has 0 saturated carbocycles. The second kappa shape index (κ2) is 4.72. The summed E-state index contributed by atoms with van der Waals surface area (Å²) in [7, 11) is 0. The lowest BCUT2D eigenvalue weighted by Crippen LogP contribution is -2.32.